The third-order valence-corrected chi connectivity index (χ3v) is 3.58. The van der Waals surface area contributed by atoms with Crippen LogP contribution < -0.4 is 0 Å². The lowest BCUT2D eigenvalue weighted by molar-refractivity contribution is 0.0772. The van der Waals surface area contributed by atoms with Crippen molar-refractivity contribution in [2.45, 2.75) is 52.9 Å². The molecular weight excluding hydrogens is 236 g/mol. The van der Waals surface area contributed by atoms with E-state index in [1.807, 2.05) is 30.9 Å². The van der Waals surface area contributed by atoms with E-state index in [4.69, 9.17) is 0 Å². The third kappa shape index (κ3) is 4.34. The number of carbonyl (C=O) groups is 1. The maximum Gasteiger partial charge on any atom is 0.255 e. The third-order valence-electron chi connectivity index (χ3n) is 3.58. The molecule has 1 aromatic rings. The molecule has 0 N–H and O–H groups in total. The van der Waals surface area contributed by atoms with Crippen LogP contribution in [0.1, 0.15) is 68.9 Å². The van der Waals surface area contributed by atoms with Crippen LogP contribution in [0.3, 0.4) is 0 Å². The summed E-state index contributed by atoms with van der Waals surface area (Å²) >= 11 is 0. The van der Waals surface area contributed by atoms with Gasteiger partial charge in [0.1, 0.15) is 0 Å². The highest BCUT2D eigenvalue weighted by Crippen LogP contribution is 2.19. The smallest absolute Gasteiger partial charge is 0.255 e. The minimum Gasteiger partial charge on any atom is -0.339 e. The molecule has 0 fully saturated rings. The largest absolute Gasteiger partial charge is 0.339 e. The van der Waals surface area contributed by atoms with E-state index >= 15 is 0 Å². The van der Waals surface area contributed by atoms with E-state index in [0.717, 1.165) is 25.2 Å². The number of unbranched alkanes of at least 4 members (excludes halogenated alkanes) is 1. The van der Waals surface area contributed by atoms with Gasteiger partial charge in [-0.15, -0.1) is 0 Å². The first kappa shape index (κ1) is 15.7. The maximum absolute atomic E-state index is 12.1. The molecule has 0 bridgehead atoms. The fourth-order valence-corrected chi connectivity index (χ4v) is 2.17. The molecule has 0 aliphatic heterocycles. The molecule has 3 heteroatoms. The summed E-state index contributed by atoms with van der Waals surface area (Å²) in [5.74, 6) is 0.544. The van der Waals surface area contributed by atoms with E-state index in [2.05, 4.69) is 18.8 Å². The topological polar surface area (TPSA) is 33.2 Å². The van der Waals surface area contributed by atoms with Gasteiger partial charge in [0.2, 0.25) is 0 Å². The van der Waals surface area contributed by atoms with Crippen LogP contribution in [0.2, 0.25) is 0 Å². The lowest BCUT2D eigenvalue weighted by Crippen LogP contribution is -2.30. The van der Waals surface area contributed by atoms with E-state index in [-0.39, 0.29) is 5.91 Å². The highest BCUT2D eigenvalue weighted by atomic mass is 16.2. The summed E-state index contributed by atoms with van der Waals surface area (Å²) in [7, 11) is 0. The summed E-state index contributed by atoms with van der Waals surface area (Å²) in [6.07, 6.45) is 5.32. The van der Waals surface area contributed by atoms with Gasteiger partial charge in [0.15, 0.2) is 0 Å². The van der Waals surface area contributed by atoms with E-state index in [1.54, 1.807) is 6.20 Å². The molecule has 0 aromatic carbocycles. The Morgan fingerprint density at radius 2 is 1.95 bits per heavy atom. The zero-order chi connectivity index (χ0) is 14.3. The van der Waals surface area contributed by atoms with Gasteiger partial charge in [-0.3, -0.25) is 9.78 Å². The van der Waals surface area contributed by atoms with Crippen molar-refractivity contribution in [3.63, 3.8) is 0 Å². The van der Waals surface area contributed by atoms with Gasteiger partial charge in [-0.25, -0.2) is 0 Å². The predicted octanol–water partition coefficient (Wildman–Crippen LogP) is 3.86. The fourth-order valence-electron chi connectivity index (χ4n) is 2.17. The minimum absolute atomic E-state index is 0.0743. The van der Waals surface area contributed by atoms with Crippen LogP contribution in [0.4, 0.5) is 0 Å². The molecule has 1 unspecified atom stereocenters. The number of hydrogen-bond acceptors (Lipinski definition) is 2. The lowest BCUT2D eigenvalue weighted by atomic mass is 10.00. The zero-order valence-corrected chi connectivity index (χ0v) is 12.6. The van der Waals surface area contributed by atoms with Crippen molar-refractivity contribution in [1.82, 2.24) is 9.88 Å². The highest BCUT2D eigenvalue weighted by molar-refractivity contribution is 5.93. The molecule has 1 amide bonds. The summed E-state index contributed by atoms with van der Waals surface area (Å²) in [4.78, 5) is 18.4. The van der Waals surface area contributed by atoms with Gasteiger partial charge in [-0.2, -0.15) is 0 Å². The van der Waals surface area contributed by atoms with Crippen molar-refractivity contribution in [2.75, 3.05) is 13.1 Å². The number of pyridine rings is 1. The van der Waals surface area contributed by atoms with E-state index in [0.29, 0.717) is 11.5 Å². The lowest BCUT2D eigenvalue weighted by Gasteiger charge is -2.18. The van der Waals surface area contributed by atoms with Crippen LogP contribution in [0.5, 0.6) is 0 Å². The second-order valence-corrected chi connectivity index (χ2v) is 4.99. The van der Waals surface area contributed by atoms with Crippen molar-refractivity contribution in [2.24, 2.45) is 0 Å². The van der Waals surface area contributed by atoms with Gasteiger partial charge >= 0.3 is 0 Å². The number of carbonyl (C=O) groups excluding carboxylic acids is 1. The fraction of sp³-hybridized carbons (Fsp3) is 0.625. The molecule has 0 spiro atoms. The average molecular weight is 262 g/mol. The first-order valence-corrected chi connectivity index (χ1v) is 7.39. The minimum atomic E-state index is 0.0743. The summed E-state index contributed by atoms with van der Waals surface area (Å²) in [6, 6.07) is 3.91. The second-order valence-electron chi connectivity index (χ2n) is 4.99. The van der Waals surface area contributed by atoms with Crippen molar-refractivity contribution in [1.29, 1.82) is 0 Å². The van der Waals surface area contributed by atoms with Crippen molar-refractivity contribution in [3.8, 4) is 0 Å². The molecule has 1 heterocycles. The molecule has 0 aliphatic rings. The van der Waals surface area contributed by atoms with Crippen LogP contribution in [0, 0.1) is 0 Å². The van der Waals surface area contributed by atoms with Crippen LogP contribution >= 0.6 is 0 Å². The van der Waals surface area contributed by atoms with Gasteiger partial charge in [0.25, 0.3) is 5.91 Å². The van der Waals surface area contributed by atoms with Crippen LogP contribution in [-0.4, -0.2) is 28.9 Å². The first-order valence-electron chi connectivity index (χ1n) is 7.39. The molecule has 19 heavy (non-hydrogen) atoms. The van der Waals surface area contributed by atoms with Crippen molar-refractivity contribution in [3.05, 3.63) is 29.6 Å². The van der Waals surface area contributed by atoms with Gasteiger partial charge in [-0.05, 0) is 38.3 Å². The Bertz CT molecular complexity index is 382. The van der Waals surface area contributed by atoms with Gasteiger partial charge in [0, 0.05) is 25.0 Å². The zero-order valence-electron chi connectivity index (χ0n) is 12.6. The monoisotopic (exact) mass is 262 g/mol. The Hall–Kier alpha value is -1.38. The quantitative estimate of drug-likeness (QED) is 0.747. The number of aromatic nitrogens is 1. The molecule has 1 rings (SSSR count). The van der Waals surface area contributed by atoms with E-state index in [9.17, 15) is 4.79 Å². The van der Waals surface area contributed by atoms with Crippen molar-refractivity contribution < 1.29 is 4.79 Å². The molecule has 3 nitrogen and oxygen atoms in total. The Kier molecular flexibility index (Phi) is 6.54. The SMILES string of the molecule is CCCCC(C)c1ccc(C(=O)N(CC)CC)cn1. The predicted molar refractivity (Wildman–Crippen MR) is 79.4 cm³/mol. The molecule has 106 valence electrons. The Morgan fingerprint density at radius 3 is 2.42 bits per heavy atom. The molecule has 0 radical (unpaired) electrons. The Morgan fingerprint density at radius 1 is 1.26 bits per heavy atom. The molecule has 0 aliphatic carbocycles. The highest BCUT2D eigenvalue weighted by Gasteiger charge is 2.13. The summed E-state index contributed by atoms with van der Waals surface area (Å²) < 4.78 is 0. The number of rotatable bonds is 7. The number of hydrogen-bond donors (Lipinski definition) is 0. The van der Waals surface area contributed by atoms with Gasteiger partial charge in [-0.1, -0.05) is 26.7 Å². The van der Waals surface area contributed by atoms with Crippen LogP contribution in [0.25, 0.3) is 0 Å². The molecule has 1 aromatic heterocycles. The average Bonchev–Trinajstić information content (AvgIpc) is 2.46. The summed E-state index contributed by atoms with van der Waals surface area (Å²) in [6.45, 7) is 9.87. The molecular formula is C16H26N2O. The maximum atomic E-state index is 12.1. The second kappa shape index (κ2) is 7.93. The van der Waals surface area contributed by atoms with E-state index < -0.39 is 0 Å². The molecule has 1 atom stereocenters. The van der Waals surface area contributed by atoms with Crippen molar-refractivity contribution >= 4 is 5.91 Å². The van der Waals surface area contributed by atoms with Crippen LogP contribution in [-0.2, 0) is 0 Å². The first-order chi connectivity index (χ1) is 9.13. The van der Waals surface area contributed by atoms with Gasteiger partial charge in [0.05, 0.1) is 5.56 Å². The normalized spacial score (nSPS) is 12.2. The van der Waals surface area contributed by atoms with Crippen LogP contribution in [0.15, 0.2) is 18.3 Å². The molecule has 0 saturated heterocycles. The number of nitrogens with zero attached hydrogens (tertiary/aromatic N) is 2. The summed E-state index contributed by atoms with van der Waals surface area (Å²) in [5.41, 5.74) is 1.78. The Balaban J connectivity index is 2.73. The van der Waals surface area contributed by atoms with E-state index in [1.165, 1.54) is 12.8 Å². The standard InChI is InChI=1S/C16H26N2O/c1-5-8-9-13(4)15-11-10-14(12-17-15)16(19)18(6-2)7-3/h10-13H,5-9H2,1-4H3. The molecule has 0 saturated carbocycles. The summed E-state index contributed by atoms with van der Waals surface area (Å²) in [5, 5.41) is 0. The number of amides is 1. The van der Waals surface area contributed by atoms with Gasteiger partial charge < -0.3 is 4.90 Å². The Labute approximate surface area is 117 Å².